The van der Waals surface area contributed by atoms with Crippen molar-refractivity contribution in [2.75, 3.05) is 14.2 Å². The summed E-state index contributed by atoms with van der Waals surface area (Å²) in [4.78, 5) is 11.7. The van der Waals surface area contributed by atoms with E-state index in [4.69, 9.17) is 21.1 Å². The summed E-state index contributed by atoms with van der Waals surface area (Å²) in [6.07, 6.45) is 0. The van der Waals surface area contributed by atoms with E-state index >= 15 is 0 Å². The van der Waals surface area contributed by atoms with Crippen LogP contribution in [0, 0.1) is 0 Å². The first-order chi connectivity index (χ1) is 9.71. The highest BCUT2D eigenvalue weighted by atomic mass is 35.5. The lowest BCUT2D eigenvalue weighted by molar-refractivity contribution is 0.0597. The Morgan fingerprint density at radius 2 is 2.00 bits per heavy atom. The quantitative estimate of drug-likeness (QED) is 0.640. The Morgan fingerprint density at radius 1 is 1.20 bits per heavy atom. The van der Waals surface area contributed by atoms with Gasteiger partial charge in [0.25, 0.3) is 0 Å². The van der Waals surface area contributed by atoms with Gasteiger partial charge in [0, 0.05) is 5.56 Å². The predicted molar refractivity (Wildman–Crippen MR) is 74.9 cm³/mol. The fourth-order valence-electron chi connectivity index (χ4n) is 1.80. The number of carbonyl (C=O) groups excluding carboxylic acids is 1. The molecule has 0 saturated heterocycles. The monoisotopic (exact) mass is 292 g/mol. The van der Waals surface area contributed by atoms with E-state index in [1.807, 2.05) is 0 Å². The summed E-state index contributed by atoms with van der Waals surface area (Å²) in [6, 6.07) is 8.73. The molecule has 5 nitrogen and oxygen atoms in total. The molecule has 0 saturated carbocycles. The summed E-state index contributed by atoms with van der Waals surface area (Å²) in [6.45, 7) is 0. The molecule has 0 aliphatic rings. The van der Waals surface area contributed by atoms with Crippen LogP contribution < -0.4 is 4.74 Å². The lowest BCUT2D eigenvalue weighted by atomic mass is 10.1. The van der Waals surface area contributed by atoms with Gasteiger partial charge in [-0.15, -0.1) is 11.6 Å². The van der Waals surface area contributed by atoms with E-state index in [1.165, 1.54) is 14.2 Å². The van der Waals surface area contributed by atoms with Crippen molar-refractivity contribution in [3.8, 4) is 17.0 Å². The molecule has 0 atom stereocenters. The molecule has 1 aromatic carbocycles. The van der Waals surface area contributed by atoms with E-state index in [-0.39, 0.29) is 0 Å². The molecule has 1 heterocycles. The maximum atomic E-state index is 11.7. The molecule has 2 rings (SSSR count). The first-order valence-electron chi connectivity index (χ1n) is 5.85. The largest absolute Gasteiger partial charge is 0.495 e. The molecule has 0 amide bonds. The summed E-state index contributed by atoms with van der Waals surface area (Å²) in [5, 5.41) is 8.08. The van der Waals surface area contributed by atoms with Crippen molar-refractivity contribution in [1.82, 2.24) is 10.2 Å². The Kier molecular flexibility index (Phi) is 4.53. The van der Waals surface area contributed by atoms with Gasteiger partial charge in [0.1, 0.15) is 11.3 Å². The van der Waals surface area contributed by atoms with Crippen LogP contribution in [0.15, 0.2) is 30.3 Å². The molecule has 0 aliphatic carbocycles. The van der Waals surface area contributed by atoms with Crippen molar-refractivity contribution in [1.29, 1.82) is 0 Å². The van der Waals surface area contributed by atoms with Crippen molar-refractivity contribution in [2.24, 2.45) is 0 Å². The number of benzene rings is 1. The lowest BCUT2D eigenvalue weighted by Gasteiger charge is -2.11. The van der Waals surface area contributed by atoms with Gasteiger partial charge in [-0.2, -0.15) is 10.2 Å². The highest BCUT2D eigenvalue weighted by Crippen LogP contribution is 2.32. The summed E-state index contributed by atoms with van der Waals surface area (Å²) in [5.41, 5.74) is 2.29. The molecule has 2 aromatic rings. The fourth-order valence-corrected chi connectivity index (χ4v) is 1.95. The summed E-state index contributed by atoms with van der Waals surface area (Å²) in [7, 11) is 2.81. The molecule has 0 spiro atoms. The number of hydrogen-bond donors (Lipinski definition) is 0. The van der Waals surface area contributed by atoms with Gasteiger partial charge < -0.3 is 9.47 Å². The third-order valence-corrected chi connectivity index (χ3v) is 3.03. The van der Waals surface area contributed by atoms with E-state index in [2.05, 4.69) is 10.2 Å². The topological polar surface area (TPSA) is 61.3 Å². The van der Waals surface area contributed by atoms with Crippen LogP contribution in [0.25, 0.3) is 11.3 Å². The van der Waals surface area contributed by atoms with Gasteiger partial charge in [0.05, 0.1) is 31.5 Å². The number of ether oxygens (including phenoxy) is 2. The molecule has 0 fully saturated rings. The van der Waals surface area contributed by atoms with Crippen LogP contribution in [0.4, 0.5) is 0 Å². The van der Waals surface area contributed by atoms with Crippen LogP contribution in [0.1, 0.15) is 16.1 Å². The average molecular weight is 293 g/mol. The van der Waals surface area contributed by atoms with Crippen molar-refractivity contribution in [3.63, 3.8) is 0 Å². The van der Waals surface area contributed by atoms with E-state index in [0.717, 1.165) is 0 Å². The maximum Gasteiger partial charge on any atom is 0.341 e. The number of esters is 1. The second kappa shape index (κ2) is 6.34. The molecule has 20 heavy (non-hydrogen) atoms. The number of para-hydroxylation sites is 1. The molecule has 0 radical (unpaired) electrons. The van der Waals surface area contributed by atoms with Crippen LogP contribution in [0.5, 0.6) is 5.75 Å². The van der Waals surface area contributed by atoms with Gasteiger partial charge in [-0.05, 0) is 24.3 Å². The Labute approximate surface area is 121 Å². The normalized spacial score (nSPS) is 10.2. The van der Waals surface area contributed by atoms with Crippen LogP contribution in [-0.2, 0) is 10.6 Å². The van der Waals surface area contributed by atoms with E-state index < -0.39 is 5.97 Å². The van der Waals surface area contributed by atoms with Gasteiger partial charge in [0.15, 0.2) is 0 Å². The number of methoxy groups -OCH3 is 2. The molecule has 0 N–H and O–H groups in total. The number of halogens is 1. The second-order valence-electron chi connectivity index (χ2n) is 3.92. The first kappa shape index (κ1) is 14.3. The van der Waals surface area contributed by atoms with Crippen LogP contribution in [0.2, 0.25) is 0 Å². The molecule has 0 aliphatic heterocycles. The summed E-state index contributed by atoms with van der Waals surface area (Å²) >= 11 is 5.68. The van der Waals surface area contributed by atoms with E-state index in [1.54, 1.807) is 30.3 Å². The number of aromatic nitrogens is 2. The van der Waals surface area contributed by atoms with Gasteiger partial charge in [-0.3, -0.25) is 0 Å². The van der Waals surface area contributed by atoms with Gasteiger partial charge in [0.2, 0.25) is 0 Å². The van der Waals surface area contributed by atoms with E-state index in [9.17, 15) is 4.79 Å². The standard InChI is InChI=1S/C14H13ClN2O3/c1-19-13-10(4-3-5-11(13)14(18)20-2)12-7-6-9(8-15)16-17-12/h3-7H,8H2,1-2H3. The Hall–Kier alpha value is -2.14. The van der Waals surface area contributed by atoms with Crippen LogP contribution >= 0.6 is 11.6 Å². The zero-order valence-corrected chi connectivity index (χ0v) is 11.8. The fraction of sp³-hybridized carbons (Fsp3) is 0.214. The SMILES string of the molecule is COC(=O)c1cccc(-c2ccc(CCl)nn2)c1OC. The van der Waals surface area contributed by atoms with E-state index in [0.29, 0.717) is 34.1 Å². The number of rotatable bonds is 4. The summed E-state index contributed by atoms with van der Waals surface area (Å²) in [5.74, 6) is 0.244. The van der Waals surface area contributed by atoms with Gasteiger partial charge >= 0.3 is 5.97 Å². The minimum absolute atomic E-state index is 0.298. The number of hydrogen-bond acceptors (Lipinski definition) is 5. The van der Waals surface area contributed by atoms with Crippen molar-refractivity contribution >= 4 is 17.6 Å². The third-order valence-electron chi connectivity index (χ3n) is 2.76. The average Bonchev–Trinajstić information content (AvgIpc) is 2.53. The minimum atomic E-state index is -0.464. The van der Waals surface area contributed by atoms with Gasteiger partial charge in [-0.25, -0.2) is 4.79 Å². The highest BCUT2D eigenvalue weighted by Gasteiger charge is 2.17. The molecule has 104 valence electrons. The minimum Gasteiger partial charge on any atom is -0.495 e. The molecule has 0 unspecified atom stereocenters. The number of carbonyl (C=O) groups is 1. The highest BCUT2D eigenvalue weighted by molar-refractivity contribution is 6.16. The molecule has 0 bridgehead atoms. The molecule has 6 heteroatoms. The number of nitrogens with zero attached hydrogens (tertiary/aromatic N) is 2. The zero-order chi connectivity index (χ0) is 14.5. The van der Waals surface area contributed by atoms with Gasteiger partial charge in [-0.1, -0.05) is 6.07 Å². The maximum absolute atomic E-state index is 11.7. The number of alkyl halides is 1. The Balaban J connectivity index is 2.52. The second-order valence-corrected chi connectivity index (χ2v) is 4.19. The molecular weight excluding hydrogens is 280 g/mol. The van der Waals surface area contributed by atoms with Crippen molar-refractivity contribution < 1.29 is 14.3 Å². The molecular formula is C14H13ClN2O3. The Bertz CT molecular complexity index is 614. The van der Waals surface area contributed by atoms with Crippen LogP contribution in [-0.4, -0.2) is 30.4 Å². The first-order valence-corrected chi connectivity index (χ1v) is 6.39. The predicted octanol–water partition coefficient (Wildman–Crippen LogP) is 2.68. The third kappa shape index (κ3) is 2.72. The zero-order valence-electron chi connectivity index (χ0n) is 11.1. The summed E-state index contributed by atoms with van der Waals surface area (Å²) < 4.78 is 10.0. The molecule has 1 aromatic heterocycles. The van der Waals surface area contributed by atoms with Crippen molar-refractivity contribution in [2.45, 2.75) is 5.88 Å². The van der Waals surface area contributed by atoms with Crippen molar-refractivity contribution in [3.05, 3.63) is 41.6 Å². The lowest BCUT2D eigenvalue weighted by Crippen LogP contribution is -2.05. The Morgan fingerprint density at radius 3 is 2.55 bits per heavy atom. The van der Waals surface area contributed by atoms with Crippen LogP contribution in [0.3, 0.4) is 0 Å². The smallest absolute Gasteiger partial charge is 0.341 e.